The average molecular weight is 450 g/mol. The van der Waals surface area contributed by atoms with E-state index < -0.39 is 17.4 Å². The number of aromatic nitrogens is 1. The number of hydrogen-bond donors (Lipinski definition) is 2. The van der Waals surface area contributed by atoms with Crippen LogP contribution < -0.4 is 15.0 Å². The molecular weight excluding hydrogens is 414 g/mol. The van der Waals surface area contributed by atoms with Crippen molar-refractivity contribution in [2.45, 2.75) is 51.7 Å². The molecule has 0 bridgehead atoms. The molecule has 0 aromatic carbocycles. The van der Waals surface area contributed by atoms with Crippen molar-refractivity contribution in [2.24, 2.45) is 11.8 Å². The van der Waals surface area contributed by atoms with Gasteiger partial charge in [-0.25, -0.2) is 9.78 Å². The monoisotopic (exact) mass is 449 g/mol. The quantitative estimate of drug-likeness (QED) is 0.465. The van der Waals surface area contributed by atoms with Crippen LogP contribution in [0.15, 0.2) is 12.1 Å². The zero-order chi connectivity index (χ0) is 23.3. The molecule has 1 unspecified atom stereocenters. The van der Waals surface area contributed by atoms with E-state index in [9.17, 15) is 14.7 Å². The summed E-state index contributed by atoms with van der Waals surface area (Å²) in [4.78, 5) is 32.2. The lowest BCUT2D eigenvalue weighted by Crippen LogP contribution is -2.54. The van der Waals surface area contributed by atoms with Crippen LogP contribution >= 0.6 is 0 Å². The summed E-state index contributed by atoms with van der Waals surface area (Å²) in [6.45, 7) is 7.71. The Balaban J connectivity index is 1.78. The smallest absolute Gasteiger partial charge is 0.331 e. The molecule has 1 aromatic rings. The van der Waals surface area contributed by atoms with Crippen LogP contribution in [0.1, 0.15) is 50.5 Å². The normalized spacial score (nSPS) is 20.5. The summed E-state index contributed by atoms with van der Waals surface area (Å²) < 4.78 is 16.6. The minimum Gasteiger partial charge on any atom is -0.476 e. The van der Waals surface area contributed by atoms with E-state index in [0.717, 1.165) is 25.2 Å². The molecule has 1 aliphatic heterocycles. The van der Waals surface area contributed by atoms with Crippen molar-refractivity contribution in [2.75, 3.05) is 44.9 Å². The molecule has 2 atom stereocenters. The lowest BCUT2D eigenvalue weighted by molar-refractivity contribution is -0.151. The molecule has 0 radical (unpaired) electrons. The number of aliphatic hydroxyl groups excluding tert-OH is 1. The molecule has 2 aliphatic rings. The van der Waals surface area contributed by atoms with Crippen LogP contribution in [0.2, 0.25) is 0 Å². The highest BCUT2D eigenvalue weighted by Crippen LogP contribution is 2.39. The van der Waals surface area contributed by atoms with E-state index >= 15 is 0 Å². The molecule has 2 heterocycles. The van der Waals surface area contributed by atoms with E-state index in [2.05, 4.69) is 15.2 Å². The first-order valence-corrected chi connectivity index (χ1v) is 11.4. The van der Waals surface area contributed by atoms with Gasteiger partial charge in [0.1, 0.15) is 16.9 Å². The highest BCUT2D eigenvalue weighted by Gasteiger charge is 2.40. The third-order valence-corrected chi connectivity index (χ3v) is 6.56. The van der Waals surface area contributed by atoms with E-state index in [0.29, 0.717) is 31.2 Å². The summed E-state index contributed by atoms with van der Waals surface area (Å²) >= 11 is 0. The van der Waals surface area contributed by atoms with Gasteiger partial charge in [-0.15, -0.1) is 0 Å². The van der Waals surface area contributed by atoms with Gasteiger partial charge in [0.15, 0.2) is 0 Å². The predicted molar refractivity (Wildman–Crippen MR) is 119 cm³/mol. The van der Waals surface area contributed by atoms with E-state index in [1.807, 2.05) is 19.9 Å². The van der Waals surface area contributed by atoms with Crippen molar-refractivity contribution < 1.29 is 28.9 Å². The number of aliphatic hydroxyl groups is 1. The molecule has 2 fully saturated rings. The summed E-state index contributed by atoms with van der Waals surface area (Å²) in [6, 6.07) is 3.47. The van der Waals surface area contributed by atoms with Crippen molar-refractivity contribution in [3.8, 4) is 5.88 Å². The molecule has 2 N–H and O–H groups in total. The maximum atomic E-state index is 13.0. The Labute approximate surface area is 189 Å². The van der Waals surface area contributed by atoms with Gasteiger partial charge in [0.25, 0.3) is 5.91 Å². The van der Waals surface area contributed by atoms with Crippen LogP contribution in [0.4, 0.5) is 5.69 Å². The van der Waals surface area contributed by atoms with Crippen molar-refractivity contribution in [3.05, 3.63) is 17.8 Å². The third-order valence-electron chi connectivity index (χ3n) is 6.56. The number of amides is 1. The van der Waals surface area contributed by atoms with Crippen molar-refractivity contribution in [3.63, 3.8) is 0 Å². The fourth-order valence-electron chi connectivity index (χ4n) is 3.93. The summed E-state index contributed by atoms with van der Waals surface area (Å²) in [6.07, 6.45) is 1.90. The second-order valence-electron chi connectivity index (χ2n) is 8.50. The highest BCUT2D eigenvalue weighted by molar-refractivity contribution is 5.97. The van der Waals surface area contributed by atoms with Gasteiger partial charge < -0.3 is 29.5 Å². The second kappa shape index (κ2) is 10.5. The molecule has 1 amide bonds. The number of nitrogens with one attached hydrogen (secondary N) is 1. The van der Waals surface area contributed by atoms with E-state index in [1.54, 1.807) is 20.1 Å². The van der Waals surface area contributed by atoms with Crippen LogP contribution in [0.25, 0.3) is 0 Å². The Morgan fingerprint density at radius 1 is 1.22 bits per heavy atom. The van der Waals surface area contributed by atoms with Gasteiger partial charge in [-0.05, 0) is 50.2 Å². The SMILES string of the molecule is CCOC(=O)C(CC)(CC)NC(=O)c1ccc(N2CC(OC)C2)c(OCC2C[C@@H]2CO)n1. The number of pyridine rings is 1. The molecule has 1 aromatic heterocycles. The van der Waals surface area contributed by atoms with E-state index in [4.69, 9.17) is 14.2 Å². The van der Waals surface area contributed by atoms with Crippen LogP contribution in [-0.4, -0.2) is 73.6 Å². The van der Waals surface area contributed by atoms with Gasteiger partial charge in [0.2, 0.25) is 5.88 Å². The van der Waals surface area contributed by atoms with Crippen molar-refractivity contribution in [1.82, 2.24) is 10.3 Å². The number of ether oxygens (including phenoxy) is 3. The fraction of sp³-hybridized carbons (Fsp3) is 0.696. The van der Waals surface area contributed by atoms with Crippen LogP contribution in [0.3, 0.4) is 0 Å². The zero-order valence-corrected chi connectivity index (χ0v) is 19.4. The van der Waals surface area contributed by atoms with Crippen LogP contribution in [-0.2, 0) is 14.3 Å². The standard InChI is InChI=1S/C23H35N3O6/c1-5-23(6-2,22(29)31-7-3)25-20(28)18-8-9-19(26-11-17(12-26)30-4)21(24-18)32-14-16-10-15(16)13-27/h8-9,15-17,27H,5-7,10-14H2,1-4H3,(H,25,28)/t15-,16?/m1/s1. The molecule has 9 heteroatoms. The minimum atomic E-state index is -1.10. The average Bonchev–Trinajstić information content (AvgIpc) is 3.54. The Morgan fingerprint density at radius 3 is 2.50 bits per heavy atom. The van der Waals surface area contributed by atoms with E-state index in [-0.39, 0.29) is 30.9 Å². The fourth-order valence-corrected chi connectivity index (χ4v) is 3.93. The Morgan fingerprint density at radius 2 is 1.94 bits per heavy atom. The van der Waals surface area contributed by atoms with Gasteiger partial charge in [-0.1, -0.05) is 13.8 Å². The lowest BCUT2D eigenvalue weighted by Gasteiger charge is -2.40. The first kappa shape index (κ1) is 24.3. The summed E-state index contributed by atoms with van der Waals surface area (Å²) in [5.74, 6) is 0.0566. The van der Waals surface area contributed by atoms with Gasteiger partial charge in [-0.3, -0.25) is 4.79 Å². The third kappa shape index (κ3) is 5.15. The topological polar surface area (TPSA) is 110 Å². The molecule has 32 heavy (non-hydrogen) atoms. The number of esters is 1. The number of nitrogens with zero attached hydrogens (tertiary/aromatic N) is 2. The Bertz CT molecular complexity index is 807. The van der Waals surface area contributed by atoms with Crippen molar-refractivity contribution in [1.29, 1.82) is 0 Å². The molecule has 9 nitrogen and oxygen atoms in total. The van der Waals surface area contributed by atoms with Gasteiger partial charge >= 0.3 is 5.97 Å². The van der Waals surface area contributed by atoms with Crippen LogP contribution in [0, 0.1) is 11.8 Å². The molecule has 1 saturated carbocycles. The number of carbonyl (C=O) groups is 2. The zero-order valence-electron chi connectivity index (χ0n) is 19.4. The highest BCUT2D eigenvalue weighted by atomic mass is 16.5. The van der Waals surface area contributed by atoms with Crippen LogP contribution in [0.5, 0.6) is 5.88 Å². The molecular formula is C23H35N3O6. The number of anilines is 1. The number of hydrogen-bond acceptors (Lipinski definition) is 8. The van der Waals surface area contributed by atoms with Gasteiger partial charge in [-0.2, -0.15) is 0 Å². The molecule has 1 aliphatic carbocycles. The first-order chi connectivity index (χ1) is 15.4. The lowest BCUT2D eigenvalue weighted by atomic mass is 9.92. The number of methoxy groups -OCH3 is 1. The summed E-state index contributed by atoms with van der Waals surface area (Å²) in [5, 5.41) is 12.1. The molecule has 0 spiro atoms. The summed E-state index contributed by atoms with van der Waals surface area (Å²) in [5.41, 5.74) is -0.115. The summed E-state index contributed by atoms with van der Waals surface area (Å²) in [7, 11) is 1.69. The number of rotatable bonds is 12. The minimum absolute atomic E-state index is 0.155. The molecule has 3 rings (SSSR count). The first-order valence-electron chi connectivity index (χ1n) is 11.4. The molecule has 1 saturated heterocycles. The maximum Gasteiger partial charge on any atom is 0.331 e. The Kier molecular flexibility index (Phi) is 7.95. The Hall–Kier alpha value is -2.39. The maximum absolute atomic E-state index is 13.0. The largest absolute Gasteiger partial charge is 0.476 e. The van der Waals surface area contributed by atoms with Crippen molar-refractivity contribution >= 4 is 17.6 Å². The second-order valence-corrected chi connectivity index (χ2v) is 8.50. The van der Waals surface area contributed by atoms with Gasteiger partial charge in [0, 0.05) is 26.8 Å². The number of carbonyl (C=O) groups excluding carboxylic acids is 2. The van der Waals surface area contributed by atoms with Gasteiger partial charge in [0.05, 0.1) is 19.3 Å². The predicted octanol–water partition coefficient (Wildman–Crippen LogP) is 1.78. The molecule has 178 valence electrons. The van der Waals surface area contributed by atoms with E-state index in [1.165, 1.54) is 0 Å².